The van der Waals surface area contributed by atoms with Crippen LogP contribution in [0.25, 0.3) is 0 Å². The number of nitrogens with one attached hydrogen (secondary N) is 2. The van der Waals surface area contributed by atoms with Crippen molar-refractivity contribution < 1.29 is 4.74 Å². The number of morpholine rings is 1. The maximum atomic E-state index is 5.38. The van der Waals surface area contributed by atoms with Crippen molar-refractivity contribution in [2.45, 2.75) is 58.4 Å². The van der Waals surface area contributed by atoms with Gasteiger partial charge >= 0.3 is 0 Å². The molecule has 0 unspecified atom stereocenters. The third kappa shape index (κ3) is 8.85. The fraction of sp³-hybridized carbons (Fsp3) is 0.944. The van der Waals surface area contributed by atoms with E-state index in [0.29, 0.717) is 6.04 Å². The third-order valence-electron chi connectivity index (χ3n) is 4.96. The van der Waals surface area contributed by atoms with E-state index in [1.54, 1.807) is 0 Å². The fourth-order valence-corrected chi connectivity index (χ4v) is 3.38. The second kappa shape index (κ2) is 13.2. The molecule has 0 radical (unpaired) electrons. The number of aliphatic imine (C=N–C) groups is 1. The van der Waals surface area contributed by atoms with Crippen molar-refractivity contribution in [2.75, 3.05) is 45.9 Å². The number of rotatable bonds is 7. The smallest absolute Gasteiger partial charge is 0.191 e. The zero-order valence-electron chi connectivity index (χ0n) is 15.6. The summed E-state index contributed by atoms with van der Waals surface area (Å²) in [7, 11) is 0. The lowest BCUT2D eigenvalue weighted by Crippen LogP contribution is -2.44. The van der Waals surface area contributed by atoms with Gasteiger partial charge in [0, 0.05) is 32.2 Å². The second-order valence-electron chi connectivity index (χ2n) is 7.02. The van der Waals surface area contributed by atoms with E-state index in [2.05, 4.69) is 29.4 Å². The second-order valence-corrected chi connectivity index (χ2v) is 7.02. The van der Waals surface area contributed by atoms with Gasteiger partial charge in [0.05, 0.1) is 13.2 Å². The lowest BCUT2D eigenvalue weighted by molar-refractivity contribution is 0.0373. The molecule has 0 bridgehead atoms. The van der Waals surface area contributed by atoms with Crippen molar-refractivity contribution in [2.24, 2.45) is 10.9 Å². The van der Waals surface area contributed by atoms with Crippen LogP contribution in [0.5, 0.6) is 0 Å². The standard InChI is InChI=1S/C18H36N4O.HI/c1-3-19-18(21-17-8-6-16(2)7-9-17)20-10-4-5-11-22-12-14-23-15-13-22;/h16-17H,3-15H2,1-2H3,(H2,19,20,21);1H. The molecule has 1 aliphatic heterocycles. The normalized spacial score (nSPS) is 25.8. The van der Waals surface area contributed by atoms with E-state index in [1.165, 1.54) is 38.6 Å². The Morgan fingerprint density at radius 2 is 1.83 bits per heavy atom. The van der Waals surface area contributed by atoms with Crippen LogP contribution in [0.15, 0.2) is 4.99 Å². The molecule has 2 N–H and O–H groups in total. The lowest BCUT2D eigenvalue weighted by atomic mass is 9.87. The van der Waals surface area contributed by atoms with Gasteiger partial charge in [0.2, 0.25) is 0 Å². The maximum absolute atomic E-state index is 5.38. The Kier molecular flexibility index (Phi) is 12.0. The van der Waals surface area contributed by atoms with E-state index in [-0.39, 0.29) is 24.0 Å². The van der Waals surface area contributed by atoms with Crippen LogP contribution in [0.3, 0.4) is 0 Å². The number of nitrogens with zero attached hydrogens (tertiary/aromatic N) is 2. The van der Waals surface area contributed by atoms with Crippen LogP contribution >= 0.6 is 24.0 Å². The molecule has 0 aromatic rings. The van der Waals surface area contributed by atoms with Crippen molar-refractivity contribution in [1.82, 2.24) is 15.5 Å². The molecule has 1 heterocycles. The molecule has 5 nitrogen and oxygen atoms in total. The van der Waals surface area contributed by atoms with Gasteiger partial charge in [-0.2, -0.15) is 0 Å². The number of ether oxygens (including phenoxy) is 1. The van der Waals surface area contributed by atoms with Crippen LogP contribution in [0, 0.1) is 5.92 Å². The molecule has 0 aromatic carbocycles. The Morgan fingerprint density at radius 3 is 2.50 bits per heavy atom. The topological polar surface area (TPSA) is 48.9 Å². The summed E-state index contributed by atoms with van der Waals surface area (Å²) in [5, 5.41) is 7.02. The van der Waals surface area contributed by atoms with Crippen molar-refractivity contribution >= 4 is 29.9 Å². The number of unbranched alkanes of at least 4 members (excludes halogenated alkanes) is 1. The zero-order valence-corrected chi connectivity index (χ0v) is 17.9. The molecule has 142 valence electrons. The summed E-state index contributed by atoms with van der Waals surface area (Å²) < 4.78 is 5.38. The Labute approximate surface area is 165 Å². The Morgan fingerprint density at radius 1 is 1.12 bits per heavy atom. The van der Waals surface area contributed by atoms with Gasteiger partial charge in [-0.3, -0.25) is 9.89 Å². The number of guanidine groups is 1. The molecule has 1 saturated carbocycles. The van der Waals surface area contributed by atoms with Crippen molar-refractivity contribution in [1.29, 1.82) is 0 Å². The molecule has 24 heavy (non-hydrogen) atoms. The van der Waals surface area contributed by atoms with Crippen LogP contribution in [0.1, 0.15) is 52.4 Å². The van der Waals surface area contributed by atoms with E-state index in [1.807, 2.05) is 0 Å². The first-order valence-electron chi connectivity index (χ1n) is 9.63. The van der Waals surface area contributed by atoms with Gasteiger partial charge in [-0.25, -0.2) is 0 Å². The van der Waals surface area contributed by atoms with Crippen LogP contribution in [0.2, 0.25) is 0 Å². The highest BCUT2D eigenvalue weighted by atomic mass is 127. The predicted octanol–water partition coefficient (Wildman–Crippen LogP) is 2.85. The summed E-state index contributed by atoms with van der Waals surface area (Å²) >= 11 is 0. The molecule has 0 amide bonds. The highest BCUT2D eigenvalue weighted by Crippen LogP contribution is 2.23. The zero-order chi connectivity index (χ0) is 16.3. The van der Waals surface area contributed by atoms with Crippen LogP contribution in [-0.2, 0) is 4.74 Å². The first-order chi connectivity index (χ1) is 11.3. The molecule has 0 aromatic heterocycles. The molecular formula is C18H37IN4O. The molecular weight excluding hydrogens is 415 g/mol. The van der Waals surface area contributed by atoms with Gasteiger partial charge in [-0.1, -0.05) is 6.92 Å². The largest absolute Gasteiger partial charge is 0.379 e. The average molecular weight is 452 g/mol. The molecule has 0 spiro atoms. The van der Waals surface area contributed by atoms with Gasteiger partial charge in [0.1, 0.15) is 0 Å². The molecule has 2 aliphatic rings. The molecule has 1 aliphatic carbocycles. The third-order valence-corrected chi connectivity index (χ3v) is 4.96. The minimum absolute atomic E-state index is 0. The molecule has 6 heteroatoms. The highest BCUT2D eigenvalue weighted by molar-refractivity contribution is 14.0. The number of hydrogen-bond acceptors (Lipinski definition) is 3. The van der Waals surface area contributed by atoms with Gasteiger partial charge in [-0.05, 0) is 57.9 Å². The SMILES string of the molecule is CCNC(=NCCCCN1CCOCC1)NC1CCC(C)CC1.I. The minimum atomic E-state index is 0. The van der Waals surface area contributed by atoms with E-state index in [0.717, 1.165) is 57.7 Å². The monoisotopic (exact) mass is 452 g/mol. The highest BCUT2D eigenvalue weighted by Gasteiger charge is 2.18. The van der Waals surface area contributed by atoms with Gasteiger partial charge in [0.25, 0.3) is 0 Å². The van der Waals surface area contributed by atoms with E-state index in [9.17, 15) is 0 Å². The summed E-state index contributed by atoms with van der Waals surface area (Å²) in [6, 6.07) is 0.609. The summed E-state index contributed by atoms with van der Waals surface area (Å²) in [4.78, 5) is 7.26. The minimum Gasteiger partial charge on any atom is -0.379 e. The molecule has 2 fully saturated rings. The quantitative estimate of drug-likeness (QED) is 0.270. The lowest BCUT2D eigenvalue weighted by Gasteiger charge is -2.28. The van der Waals surface area contributed by atoms with Crippen LogP contribution in [-0.4, -0.2) is 62.8 Å². The van der Waals surface area contributed by atoms with Crippen LogP contribution < -0.4 is 10.6 Å². The van der Waals surface area contributed by atoms with E-state index >= 15 is 0 Å². The number of halogens is 1. The predicted molar refractivity (Wildman–Crippen MR) is 112 cm³/mol. The summed E-state index contributed by atoms with van der Waals surface area (Å²) in [6.07, 6.45) is 7.64. The molecule has 0 atom stereocenters. The fourth-order valence-electron chi connectivity index (χ4n) is 3.38. The summed E-state index contributed by atoms with van der Waals surface area (Å²) in [5.41, 5.74) is 0. The van der Waals surface area contributed by atoms with Crippen LogP contribution in [0.4, 0.5) is 0 Å². The van der Waals surface area contributed by atoms with Crippen molar-refractivity contribution in [3.63, 3.8) is 0 Å². The summed E-state index contributed by atoms with van der Waals surface area (Å²) in [6.45, 7) is 11.5. The molecule has 2 rings (SSSR count). The maximum Gasteiger partial charge on any atom is 0.191 e. The Balaban J connectivity index is 0.00000288. The average Bonchev–Trinajstić information content (AvgIpc) is 2.57. The Hall–Kier alpha value is -0.0800. The van der Waals surface area contributed by atoms with Gasteiger partial charge in [0.15, 0.2) is 5.96 Å². The molecule has 1 saturated heterocycles. The van der Waals surface area contributed by atoms with Gasteiger partial charge in [-0.15, -0.1) is 24.0 Å². The van der Waals surface area contributed by atoms with E-state index < -0.39 is 0 Å². The number of hydrogen-bond donors (Lipinski definition) is 2. The van der Waals surface area contributed by atoms with Crippen molar-refractivity contribution in [3.8, 4) is 0 Å². The van der Waals surface area contributed by atoms with Crippen molar-refractivity contribution in [3.05, 3.63) is 0 Å². The first-order valence-corrected chi connectivity index (χ1v) is 9.63. The summed E-state index contributed by atoms with van der Waals surface area (Å²) in [5.74, 6) is 1.91. The Bertz CT molecular complexity index is 340. The van der Waals surface area contributed by atoms with E-state index in [4.69, 9.17) is 9.73 Å². The first kappa shape index (κ1) is 22.0. The van der Waals surface area contributed by atoms with Gasteiger partial charge < -0.3 is 15.4 Å².